The Hall–Kier alpha value is -0.960. The minimum Gasteiger partial charge on any atom is -0.371 e. The first-order valence-electron chi connectivity index (χ1n) is 5.79. The molecule has 2 rings (SSSR count). The van der Waals surface area contributed by atoms with Crippen molar-refractivity contribution in [3.63, 3.8) is 0 Å². The van der Waals surface area contributed by atoms with E-state index >= 15 is 0 Å². The maximum Gasteiger partial charge on any atom is 0.136 e. The van der Waals surface area contributed by atoms with E-state index in [-0.39, 0.29) is 0 Å². The van der Waals surface area contributed by atoms with Crippen molar-refractivity contribution in [2.24, 2.45) is 0 Å². The van der Waals surface area contributed by atoms with Crippen LogP contribution in [0, 0.1) is 0 Å². The van der Waals surface area contributed by atoms with E-state index in [4.69, 9.17) is 0 Å². The van der Waals surface area contributed by atoms with Crippen LogP contribution in [0.1, 0.15) is 19.8 Å². The van der Waals surface area contributed by atoms with Gasteiger partial charge in [0.05, 0.1) is 0 Å². The topological polar surface area (TPSA) is 20.3 Å². The van der Waals surface area contributed by atoms with E-state index in [1.54, 1.807) is 0 Å². The van der Waals surface area contributed by atoms with Crippen LogP contribution < -0.4 is 4.90 Å². The van der Waals surface area contributed by atoms with Crippen LogP contribution in [0.4, 0.5) is 5.69 Å². The quantitative estimate of drug-likeness (QED) is 0.751. The molecule has 0 spiro atoms. The van der Waals surface area contributed by atoms with Crippen molar-refractivity contribution in [2.75, 3.05) is 23.7 Å². The highest BCUT2D eigenvalue weighted by Gasteiger charge is 2.16. The highest BCUT2D eigenvalue weighted by molar-refractivity contribution is 7.99. The molecule has 1 aliphatic rings. The first-order valence-corrected chi connectivity index (χ1v) is 6.77. The second-order valence-electron chi connectivity index (χ2n) is 3.96. The number of thioether (sulfide) groups is 1. The van der Waals surface area contributed by atoms with Crippen molar-refractivity contribution in [3.8, 4) is 0 Å². The molecule has 0 bridgehead atoms. The molecular weight excluding hydrogens is 218 g/mol. The zero-order valence-corrected chi connectivity index (χ0v) is 10.4. The second kappa shape index (κ2) is 5.39. The summed E-state index contributed by atoms with van der Waals surface area (Å²) >= 11 is 1.86. The molecule has 0 aliphatic carbocycles. The average Bonchev–Trinajstić information content (AvgIpc) is 2.31. The fourth-order valence-corrected chi connectivity index (χ4v) is 2.66. The van der Waals surface area contributed by atoms with Gasteiger partial charge in [0.25, 0.3) is 0 Å². The molecule has 0 amide bonds. The lowest BCUT2D eigenvalue weighted by molar-refractivity contribution is -0.119. The van der Waals surface area contributed by atoms with Crippen LogP contribution in [0.25, 0.3) is 0 Å². The van der Waals surface area contributed by atoms with Crippen LogP contribution in [0.15, 0.2) is 29.2 Å². The number of benzene rings is 1. The molecule has 0 N–H and O–H groups in total. The second-order valence-corrected chi connectivity index (χ2v) is 5.29. The summed E-state index contributed by atoms with van der Waals surface area (Å²) in [7, 11) is 0. The molecule has 0 atom stereocenters. The van der Waals surface area contributed by atoms with Crippen LogP contribution in [-0.4, -0.2) is 24.6 Å². The monoisotopic (exact) mass is 235 g/mol. The van der Waals surface area contributed by atoms with Crippen molar-refractivity contribution in [3.05, 3.63) is 24.3 Å². The molecule has 3 heteroatoms. The van der Waals surface area contributed by atoms with E-state index in [2.05, 4.69) is 36.1 Å². The number of Topliss-reactive ketones (excluding diaryl/α,β-unsaturated/α-hetero) is 1. The van der Waals surface area contributed by atoms with Crippen molar-refractivity contribution in [2.45, 2.75) is 24.7 Å². The zero-order valence-electron chi connectivity index (χ0n) is 9.61. The number of carbonyl (C=O) groups is 1. The fraction of sp³-hybridized carbons (Fsp3) is 0.462. The fourth-order valence-electron chi connectivity index (χ4n) is 1.95. The molecule has 1 fully saturated rings. The summed E-state index contributed by atoms with van der Waals surface area (Å²) in [4.78, 5) is 14.8. The molecular formula is C13H17NOS. The maximum atomic E-state index is 11.2. The first-order chi connectivity index (χ1) is 7.79. The summed E-state index contributed by atoms with van der Waals surface area (Å²) in [5.74, 6) is 1.50. The van der Waals surface area contributed by atoms with Gasteiger partial charge in [-0.2, -0.15) is 0 Å². The van der Waals surface area contributed by atoms with E-state index < -0.39 is 0 Å². The average molecular weight is 235 g/mol. The number of hydrogen-bond donors (Lipinski definition) is 0. The number of nitrogens with zero attached hydrogens (tertiary/aromatic N) is 1. The lowest BCUT2D eigenvalue weighted by Gasteiger charge is -2.28. The van der Waals surface area contributed by atoms with Crippen LogP contribution in [-0.2, 0) is 4.79 Å². The molecule has 0 unspecified atom stereocenters. The number of piperidine rings is 1. The summed E-state index contributed by atoms with van der Waals surface area (Å²) in [5.41, 5.74) is 1.26. The van der Waals surface area contributed by atoms with Crippen molar-refractivity contribution < 1.29 is 4.79 Å². The first kappa shape index (κ1) is 11.5. The predicted molar refractivity (Wildman–Crippen MR) is 69.3 cm³/mol. The van der Waals surface area contributed by atoms with Gasteiger partial charge in [-0.1, -0.05) is 13.0 Å². The number of hydrogen-bond acceptors (Lipinski definition) is 3. The molecule has 1 aromatic carbocycles. The highest BCUT2D eigenvalue weighted by atomic mass is 32.2. The van der Waals surface area contributed by atoms with Gasteiger partial charge in [0.2, 0.25) is 0 Å². The van der Waals surface area contributed by atoms with Gasteiger partial charge in [-0.3, -0.25) is 4.79 Å². The summed E-state index contributed by atoms with van der Waals surface area (Å²) in [6.45, 7) is 3.91. The third-order valence-electron chi connectivity index (χ3n) is 2.81. The van der Waals surface area contributed by atoms with Gasteiger partial charge in [0.15, 0.2) is 0 Å². The van der Waals surface area contributed by atoms with E-state index in [0.717, 1.165) is 18.8 Å². The molecule has 0 aromatic heterocycles. The van der Waals surface area contributed by atoms with Gasteiger partial charge >= 0.3 is 0 Å². The molecule has 0 saturated carbocycles. The molecule has 86 valence electrons. The summed E-state index contributed by atoms with van der Waals surface area (Å²) in [6.07, 6.45) is 1.40. The lowest BCUT2D eigenvalue weighted by atomic mass is 10.1. The third-order valence-corrected chi connectivity index (χ3v) is 3.69. The minimum absolute atomic E-state index is 0.398. The smallest absolute Gasteiger partial charge is 0.136 e. The normalized spacial score (nSPS) is 16.6. The zero-order chi connectivity index (χ0) is 11.4. The Morgan fingerprint density at radius 1 is 1.31 bits per heavy atom. The van der Waals surface area contributed by atoms with Gasteiger partial charge in [0.1, 0.15) is 5.78 Å². The van der Waals surface area contributed by atoms with Gasteiger partial charge in [-0.05, 0) is 24.0 Å². The van der Waals surface area contributed by atoms with E-state index in [1.165, 1.54) is 10.6 Å². The van der Waals surface area contributed by atoms with Crippen LogP contribution in [0.3, 0.4) is 0 Å². The number of rotatable bonds is 3. The van der Waals surface area contributed by atoms with Gasteiger partial charge in [-0.15, -0.1) is 11.8 Å². The third kappa shape index (κ3) is 2.79. The van der Waals surface area contributed by atoms with Crippen LogP contribution in [0.2, 0.25) is 0 Å². The van der Waals surface area contributed by atoms with Gasteiger partial charge < -0.3 is 4.90 Å². The van der Waals surface area contributed by atoms with E-state index in [0.29, 0.717) is 18.6 Å². The van der Waals surface area contributed by atoms with E-state index in [1.807, 2.05) is 11.8 Å². The van der Waals surface area contributed by atoms with E-state index in [9.17, 15) is 4.79 Å². The Kier molecular flexibility index (Phi) is 3.88. The molecule has 0 radical (unpaired) electrons. The molecule has 1 heterocycles. The maximum absolute atomic E-state index is 11.2. The summed E-state index contributed by atoms with van der Waals surface area (Å²) in [6, 6.07) is 8.61. The Morgan fingerprint density at radius 3 is 2.75 bits per heavy atom. The van der Waals surface area contributed by atoms with Crippen molar-refractivity contribution in [1.29, 1.82) is 0 Å². The minimum atomic E-state index is 0.398. The largest absolute Gasteiger partial charge is 0.371 e. The molecule has 16 heavy (non-hydrogen) atoms. The Morgan fingerprint density at radius 2 is 2.06 bits per heavy atom. The number of ketones is 1. The van der Waals surface area contributed by atoms with Crippen LogP contribution >= 0.6 is 11.8 Å². The Balaban J connectivity index is 2.08. The van der Waals surface area contributed by atoms with Crippen molar-refractivity contribution >= 4 is 23.2 Å². The predicted octanol–water partition coefficient (Wildman–Crippen LogP) is 2.97. The molecule has 1 saturated heterocycles. The standard InChI is InChI=1S/C13H17NOS/c1-2-16-13-5-3-4-11(10-13)14-8-6-12(15)7-9-14/h3-5,10H,2,6-9H2,1H3. The number of carbonyl (C=O) groups excluding carboxylic acids is 1. The SMILES string of the molecule is CCSc1cccc(N2CCC(=O)CC2)c1. The Bertz CT molecular complexity index is 368. The molecule has 1 aliphatic heterocycles. The summed E-state index contributed by atoms with van der Waals surface area (Å²) < 4.78 is 0. The van der Waals surface area contributed by atoms with Gasteiger partial charge in [-0.25, -0.2) is 0 Å². The highest BCUT2D eigenvalue weighted by Crippen LogP contribution is 2.25. The summed E-state index contributed by atoms with van der Waals surface area (Å²) in [5, 5.41) is 0. The van der Waals surface area contributed by atoms with Crippen LogP contribution in [0.5, 0.6) is 0 Å². The Labute approximate surface area is 101 Å². The molecule has 2 nitrogen and oxygen atoms in total. The van der Waals surface area contributed by atoms with Gasteiger partial charge in [0, 0.05) is 36.5 Å². The molecule has 1 aromatic rings. The lowest BCUT2D eigenvalue weighted by Crippen LogP contribution is -2.33. The number of anilines is 1. The van der Waals surface area contributed by atoms with Crippen molar-refractivity contribution in [1.82, 2.24) is 0 Å².